The van der Waals surface area contributed by atoms with Gasteiger partial charge in [0.15, 0.2) is 0 Å². The number of pyridine rings is 1. The third-order valence-electron chi connectivity index (χ3n) is 1.51. The van der Waals surface area contributed by atoms with E-state index in [4.69, 9.17) is 10.00 Å². The molecule has 1 rings (SSSR count). The summed E-state index contributed by atoms with van der Waals surface area (Å²) >= 11 is 0. The zero-order valence-corrected chi connectivity index (χ0v) is 8.94. The zero-order chi connectivity index (χ0) is 11.5. The first kappa shape index (κ1) is 11.2. The Morgan fingerprint density at radius 1 is 1.53 bits per heavy atom. The van der Waals surface area contributed by atoms with Crippen LogP contribution in [0, 0.1) is 11.3 Å². The van der Waals surface area contributed by atoms with Crippen molar-refractivity contribution in [3.05, 3.63) is 29.6 Å². The second kappa shape index (κ2) is 4.09. The van der Waals surface area contributed by atoms with Crippen LogP contribution < -0.4 is 0 Å². The Balaban J connectivity index is 2.88. The van der Waals surface area contributed by atoms with E-state index in [9.17, 15) is 4.79 Å². The van der Waals surface area contributed by atoms with E-state index in [2.05, 4.69) is 4.98 Å². The van der Waals surface area contributed by atoms with Gasteiger partial charge in [-0.3, -0.25) is 0 Å². The molecule has 4 nitrogen and oxygen atoms in total. The Morgan fingerprint density at radius 3 is 2.73 bits per heavy atom. The highest BCUT2D eigenvalue weighted by molar-refractivity contribution is 5.89. The van der Waals surface area contributed by atoms with Crippen molar-refractivity contribution in [1.29, 1.82) is 5.26 Å². The second-order valence-corrected chi connectivity index (χ2v) is 4.04. The van der Waals surface area contributed by atoms with Gasteiger partial charge in [-0.1, -0.05) is 0 Å². The van der Waals surface area contributed by atoms with Gasteiger partial charge < -0.3 is 4.74 Å². The second-order valence-electron chi connectivity index (χ2n) is 4.04. The average molecular weight is 204 g/mol. The molecule has 1 aromatic rings. The fourth-order valence-electron chi connectivity index (χ4n) is 0.956. The predicted octanol–water partition coefficient (Wildman–Crippen LogP) is 1.91. The standard InChI is InChI=1S/C11H12N2O2/c1-11(2,3)15-10(14)8-4-5-13-9(6-8)7-12/h4-6H,1-3H3. The number of hydrogen-bond acceptors (Lipinski definition) is 4. The van der Waals surface area contributed by atoms with Crippen LogP contribution >= 0.6 is 0 Å². The Labute approximate surface area is 88.5 Å². The van der Waals surface area contributed by atoms with Gasteiger partial charge in [-0.25, -0.2) is 9.78 Å². The molecule has 0 saturated heterocycles. The van der Waals surface area contributed by atoms with Crippen LogP contribution in [-0.2, 0) is 4.74 Å². The number of aromatic nitrogens is 1. The van der Waals surface area contributed by atoms with Crippen LogP contribution in [0.4, 0.5) is 0 Å². The van der Waals surface area contributed by atoms with Gasteiger partial charge in [0.25, 0.3) is 0 Å². The Kier molecular flexibility index (Phi) is 3.05. The minimum atomic E-state index is -0.535. The van der Waals surface area contributed by atoms with Crippen LogP contribution in [0.1, 0.15) is 36.8 Å². The van der Waals surface area contributed by atoms with E-state index in [0.29, 0.717) is 5.56 Å². The molecule has 4 heteroatoms. The van der Waals surface area contributed by atoms with E-state index in [1.54, 1.807) is 20.8 Å². The van der Waals surface area contributed by atoms with Crippen molar-refractivity contribution in [3.63, 3.8) is 0 Å². The van der Waals surface area contributed by atoms with E-state index in [0.717, 1.165) is 0 Å². The minimum Gasteiger partial charge on any atom is -0.456 e. The summed E-state index contributed by atoms with van der Waals surface area (Å²) < 4.78 is 5.15. The van der Waals surface area contributed by atoms with E-state index < -0.39 is 11.6 Å². The maximum absolute atomic E-state index is 11.6. The molecule has 0 radical (unpaired) electrons. The molecule has 0 atom stereocenters. The first-order valence-electron chi connectivity index (χ1n) is 4.52. The molecule has 0 unspecified atom stereocenters. The largest absolute Gasteiger partial charge is 0.456 e. The monoisotopic (exact) mass is 204 g/mol. The van der Waals surface area contributed by atoms with E-state index in [1.165, 1.54) is 18.3 Å². The van der Waals surface area contributed by atoms with Crippen molar-refractivity contribution >= 4 is 5.97 Å². The minimum absolute atomic E-state index is 0.207. The first-order valence-corrected chi connectivity index (χ1v) is 4.52. The Hall–Kier alpha value is -1.89. The van der Waals surface area contributed by atoms with Crippen molar-refractivity contribution in [2.75, 3.05) is 0 Å². The summed E-state index contributed by atoms with van der Waals surface area (Å²) in [6.07, 6.45) is 1.41. The summed E-state index contributed by atoms with van der Waals surface area (Å²) in [5.74, 6) is -0.443. The molecule has 78 valence electrons. The van der Waals surface area contributed by atoms with Crippen LogP contribution in [0.2, 0.25) is 0 Å². The average Bonchev–Trinajstić information content (AvgIpc) is 2.15. The molecular weight excluding hydrogens is 192 g/mol. The summed E-state index contributed by atoms with van der Waals surface area (Å²) in [6, 6.07) is 4.80. The number of ether oxygens (including phenoxy) is 1. The fourth-order valence-corrected chi connectivity index (χ4v) is 0.956. The molecule has 0 N–H and O–H groups in total. The molecule has 0 amide bonds. The number of carbonyl (C=O) groups is 1. The quantitative estimate of drug-likeness (QED) is 0.655. The van der Waals surface area contributed by atoms with Gasteiger partial charge in [-0.05, 0) is 32.9 Å². The van der Waals surface area contributed by atoms with Crippen molar-refractivity contribution < 1.29 is 9.53 Å². The SMILES string of the molecule is CC(C)(C)OC(=O)c1ccnc(C#N)c1. The summed E-state index contributed by atoms with van der Waals surface area (Å²) in [5.41, 5.74) is 0.0162. The molecule has 0 bridgehead atoms. The summed E-state index contributed by atoms with van der Waals surface area (Å²) in [4.78, 5) is 15.3. The van der Waals surface area contributed by atoms with Gasteiger partial charge in [0.2, 0.25) is 0 Å². The van der Waals surface area contributed by atoms with Crippen LogP contribution in [0.15, 0.2) is 18.3 Å². The van der Waals surface area contributed by atoms with Gasteiger partial charge in [-0.2, -0.15) is 5.26 Å². The fraction of sp³-hybridized carbons (Fsp3) is 0.364. The summed E-state index contributed by atoms with van der Waals surface area (Å²) in [6.45, 7) is 5.37. The maximum atomic E-state index is 11.6. The van der Waals surface area contributed by atoms with Crippen LogP contribution in [0.3, 0.4) is 0 Å². The molecule has 0 spiro atoms. The lowest BCUT2D eigenvalue weighted by molar-refractivity contribution is 0.00694. The van der Waals surface area contributed by atoms with Gasteiger partial charge >= 0.3 is 5.97 Å². The highest BCUT2D eigenvalue weighted by Crippen LogP contribution is 2.11. The van der Waals surface area contributed by atoms with Gasteiger partial charge in [-0.15, -0.1) is 0 Å². The molecule has 1 aromatic heterocycles. The number of hydrogen-bond donors (Lipinski definition) is 0. The number of nitriles is 1. The molecule has 0 saturated carbocycles. The lowest BCUT2D eigenvalue weighted by Gasteiger charge is -2.19. The molecular formula is C11H12N2O2. The number of carbonyl (C=O) groups excluding carboxylic acids is 1. The molecule has 0 aliphatic heterocycles. The van der Waals surface area contributed by atoms with E-state index in [1.807, 2.05) is 6.07 Å². The molecule has 1 heterocycles. The number of rotatable bonds is 1. The molecule has 0 aliphatic rings. The van der Waals surface area contributed by atoms with Crippen LogP contribution in [0.25, 0.3) is 0 Å². The predicted molar refractivity (Wildman–Crippen MR) is 54.1 cm³/mol. The topological polar surface area (TPSA) is 63.0 Å². The molecule has 0 aliphatic carbocycles. The van der Waals surface area contributed by atoms with Crippen molar-refractivity contribution in [2.24, 2.45) is 0 Å². The van der Waals surface area contributed by atoms with Gasteiger partial charge in [0, 0.05) is 6.20 Å². The first-order chi connectivity index (χ1) is 6.92. The van der Waals surface area contributed by atoms with Gasteiger partial charge in [0.05, 0.1) is 5.56 Å². The third kappa shape index (κ3) is 3.39. The van der Waals surface area contributed by atoms with Gasteiger partial charge in [0.1, 0.15) is 17.4 Å². The normalized spacial score (nSPS) is 10.5. The summed E-state index contributed by atoms with van der Waals surface area (Å²) in [5, 5.41) is 8.61. The Morgan fingerprint density at radius 2 is 2.20 bits per heavy atom. The van der Waals surface area contributed by atoms with E-state index >= 15 is 0 Å². The van der Waals surface area contributed by atoms with Crippen LogP contribution in [0.5, 0.6) is 0 Å². The maximum Gasteiger partial charge on any atom is 0.338 e. The summed E-state index contributed by atoms with van der Waals surface area (Å²) in [7, 11) is 0. The van der Waals surface area contributed by atoms with Crippen molar-refractivity contribution in [1.82, 2.24) is 4.98 Å². The van der Waals surface area contributed by atoms with Crippen molar-refractivity contribution in [2.45, 2.75) is 26.4 Å². The number of esters is 1. The highest BCUT2D eigenvalue weighted by Gasteiger charge is 2.17. The van der Waals surface area contributed by atoms with Crippen molar-refractivity contribution in [3.8, 4) is 6.07 Å². The Bertz CT molecular complexity index is 413. The van der Waals surface area contributed by atoms with Crippen LogP contribution in [-0.4, -0.2) is 16.6 Å². The molecule has 15 heavy (non-hydrogen) atoms. The number of nitrogens with zero attached hydrogens (tertiary/aromatic N) is 2. The highest BCUT2D eigenvalue weighted by atomic mass is 16.6. The lowest BCUT2D eigenvalue weighted by Crippen LogP contribution is -2.23. The molecule has 0 fully saturated rings. The molecule has 0 aromatic carbocycles. The zero-order valence-electron chi connectivity index (χ0n) is 8.94. The lowest BCUT2D eigenvalue weighted by atomic mass is 10.2. The third-order valence-corrected chi connectivity index (χ3v) is 1.51. The smallest absolute Gasteiger partial charge is 0.338 e. The van der Waals surface area contributed by atoms with E-state index in [-0.39, 0.29) is 5.69 Å².